The summed E-state index contributed by atoms with van der Waals surface area (Å²) in [5.74, 6) is -2.45. The molecule has 0 spiro atoms. The van der Waals surface area contributed by atoms with Crippen molar-refractivity contribution in [2.75, 3.05) is 0 Å². The van der Waals surface area contributed by atoms with Crippen molar-refractivity contribution in [1.82, 2.24) is 9.97 Å². The molecule has 0 saturated heterocycles. The van der Waals surface area contributed by atoms with Gasteiger partial charge in [0.15, 0.2) is 0 Å². The van der Waals surface area contributed by atoms with Crippen molar-refractivity contribution in [3.05, 3.63) is 123 Å². The summed E-state index contributed by atoms with van der Waals surface area (Å²) in [7, 11) is 0. The average molecular weight is 483 g/mol. The van der Waals surface area contributed by atoms with E-state index in [0.29, 0.717) is 5.56 Å². The van der Waals surface area contributed by atoms with Gasteiger partial charge in [-0.25, -0.2) is 13.8 Å². The molecule has 0 aliphatic carbocycles. The lowest BCUT2D eigenvalue weighted by atomic mass is 9.86. The SMILES string of the molecule is N=C(c1ccccc1)C(Cc1nc(-c2ccc(C(F)(F)F)cc2)cc(=O)[nH]1)c1ccc(F)cc1F. The van der Waals surface area contributed by atoms with E-state index in [1.165, 1.54) is 18.2 Å². The van der Waals surface area contributed by atoms with Crippen LogP contribution in [-0.2, 0) is 12.6 Å². The van der Waals surface area contributed by atoms with Crippen molar-refractivity contribution in [3.63, 3.8) is 0 Å². The smallest absolute Gasteiger partial charge is 0.310 e. The van der Waals surface area contributed by atoms with Crippen LogP contribution in [0.5, 0.6) is 0 Å². The molecule has 4 nitrogen and oxygen atoms in total. The highest BCUT2D eigenvalue weighted by molar-refractivity contribution is 6.03. The summed E-state index contributed by atoms with van der Waals surface area (Å²) < 4.78 is 66.9. The van der Waals surface area contributed by atoms with E-state index < -0.39 is 34.9 Å². The second-order valence-electron chi connectivity index (χ2n) is 7.85. The highest BCUT2D eigenvalue weighted by Crippen LogP contribution is 2.31. The van der Waals surface area contributed by atoms with Crippen LogP contribution in [0.25, 0.3) is 11.3 Å². The van der Waals surface area contributed by atoms with Crippen LogP contribution in [0, 0.1) is 17.0 Å². The van der Waals surface area contributed by atoms with Crippen LogP contribution in [0.1, 0.15) is 28.4 Å². The van der Waals surface area contributed by atoms with Crippen LogP contribution in [0.4, 0.5) is 22.0 Å². The Morgan fingerprint density at radius 1 is 0.943 bits per heavy atom. The van der Waals surface area contributed by atoms with E-state index in [0.717, 1.165) is 30.3 Å². The van der Waals surface area contributed by atoms with E-state index in [1.807, 2.05) is 0 Å². The van der Waals surface area contributed by atoms with Gasteiger partial charge in [0, 0.05) is 35.7 Å². The van der Waals surface area contributed by atoms with Crippen molar-refractivity contribution >= 4 is 5.71 Å². The number of nitrogens with zero attached hydrogens (tertiary/aromatic N) is 1. The Morgan fingerprint density at radius 2 is 1.63 bits per heavy atom. The first kappa shape index (κ1) is 24.0. The minimum absolute atomic E-state index is 0.0266. The van der Waals surface area contributed by atoms with E-state index in [-0.39, 0.29) is 34.8 Å². The molecule has 1 aromatic heterocycles. The zero-order chi connectivity index (χ0) is 25.2. The third-order valence-corrected chi connectivity index (χ3v) is 5.47. The Bertz CT molecular complexity index is 1410. The normalized spacial score (nSPS) is 12.4. The third-order valence-electron chi connectivity index (χ3n) is 5.47. The van der Waals surface area contributed by atoms with Gasteiger partial charge in [0.25, 0.3) is 5.56 Å². The summed E-state index contributed by atoms with van der Waals surface area (Å²) in [6, 6.07) is 16.9. The highest BCUT2D eigenvalue weighted by atomic mass is 19.4. The first-order chi connectivity index (χ1) is 16.6. The molecule has 2 N–H and O–H groups in total. The number of halogens is 5. The molecule has 0 saturated carbocycles. The van der Waals surface area contributed by atoms with Crippen LogP contribution < -0.4 is 5.56 Å². The maximum Gasteiger partial charge on any atom is 0.416 e. The Labute approximate surface area is 196 Å². The van der Waals surface area contributed by atoms with Gasteiger partial charge in [-0.2, -0.15) is 13.2 Å². The maximum atomic E-state index is 14.7. The fraction of sp³-hybridized carbons (Fsp3) is 0.115. The summed E-state index contributed by atoms with van der Waals surface area (Å²) in [6.45, 7) is 0. The summed E-state index contributed by atoms with van der Waals surface area (Å²) in [5.41, 5.74) is -0.414. The number of hydrogen-bond donors (Lipinski definition) is 2. The molecule has 9 heteroatoms. The molecular weight excluding hydrogens is 465 g/mol. The average Bonchev–Trinajstić information content (AvgIpc) is 2.82. The number of hydrogen-bond acceptors (Lipinski definition) is 3. The van der Waals surface area contributed by atoms with E-state index in [9.17, 15) is 26.7 Å². The molecule has 0 bridgehead atoms. The van der Waals surface area contributed by atoms with Gasteiger partial charge in [-0.3, -0.25) is 4.79 Å². The van der Waals surface area contributed by atoms with Crippen molar-refractivity contribution in [2.45, 2.75) is 18.5 Å². The molecule has 0 radical (unpaired) electrons. The molecule has 1 heterocycles. The molecule has 0 aliphatic rings. The van der Waals surface area contributed by atoms with Crippen LogP contribution in [0.2, 0.25) is 0 Å². The maximum absolute atomic E-state index is 14.7. The molecular formula is C26H18F5N3O. The molecule has 4 rings (SSSR count). The second kappa shape index (κ2) is 9.61. The Kier molecular flexibility index (Phi) is 6.59. The zero-order valence-electron chi connectivity index (χ0n) is 18.0. The Morgan fingerprint density at radius 3 is 2.26 bits per heavy atom. The van der Waals surface area contributed by atoms with Gasteiger partial charge < -0.3 is 10.4 Å². The van der Waals surface area contributed by atoms with Gasteiger partial charge in [-0.05, 0) is 29.3 Å². The standard InChI is InChI=1S/C26H18F5N3O/c27-18-10-11-19(21(28)12-18)20(25(32)16-4-2-1-3-5-16)13-23-33-22(14-24(35)34-23)15-6-8-17(9-7-15)26(29,30)31/h1-12,14,20,32H,13H2,(H,33,34,35). The minimum Gasteiger partial charge on any atom is -0.310 e. The summed E-state index contributed by atoms with van der Waals surface area (Å²) in [5, 5.41) is 8.69. The molecule has 1 unspecified atom stereocenters. The van der Waals surface area contributed by atoms with E-state index in [4.69, 9.17) is 5.41 Å². The van der Waals surface area contributed by atoms with Crippen molar-refractivity contribution < 1.29 is 22.0 Å². The van der Waals surface area contributed by atoms with Gasteiger partial charge in [0.05, 0.1) is 11.3 Å². The molecule has 0 aliphatic heterocycles. The predicted molar refractivity (Wildman–Crippen MR) is 121 cm³/mol. The van der Waals surface area contributed by atoms with E-state index in [1.54, 1.807) is 30.3 Å². The fourth-order valence-electron chi connectivity index (χ4n) is 3.75. The van der Waals surface area contributed by atoms with Gasteiger partial charge in [-0.15, -0.1) is 0 Å². The van der Waals surface area contributed by atoms with Crippen LogP contribution in [0.15, 0.2) is 83.7 Å². The molecule has 178 valence electrons. The van der Waals surface area contributed by atoms with Crippen molar-refractivity contribution in [2.24, 2.45) is 0 Å². The highest BCUT2D eigenvalue weighted by Gasteiger charge is 2.30. The third kappa shape index (κ3) is 5.51. The topological polar surface area (TPSA) is 69.6 Å². The van der Waals surface area contributed by atoms with Crippen LogP contribution in [0.3, 0.4) is 0 Å². The first-order valence-electron chi connectivity index (χ1n) is 10.5. The number of benzene rings is 3. The van der Waals surface area contributed by atoms with Crippen LogP contribution in [-0.4, -0.2) is 15.7 Å². The molecule has 0 amide bonds. The van der Waals surface area contributed by atoms with Gasteiger partial charge in [0.2, 0.25) is 0 Å². The number of H-pyrrole nitrogens is 1. The molecule has 1 atom stereocenters. The summed E-state index contributed by atoms with van der Waals surface area (Å²) in [4.78, 5) is 19.2. The number of aromatic amines is 1. The van der Waals surface area contributed by atoms with Crippen molar-refractivity contribution in [3.8, 4) is 11.3 Å². The molecule has 3 aromatic carbocycles. The lowest BCUT2D eigenvalue weighted by molar-refractivity contribution is -0.137. The molecule has 35 heavy (non-hydrogen) atoms. The lowest BCUT2D eigenvalue weighted by Crippen LogP contribution is -2.21. The summed E-state index contributed by atoms with van der Waals surface area (Å²) in [6.07, 6.45) is -4.62. The van der Waals surface area contributed by atoms with Gasteiger partial charge in [-0.1, -0.05) is 48.5 Å². The largest absolute Gasteiger partial charge is 0.416 e. The quantitative estimate of drug-likeness (QED) is 0.256. The number of aromatic nitrogens is 2. The zero-order valence-corrected chi connectivity index (χ0v) is 18.0. The number of alkyl halides is 3. The fourth-order valence-corrected chi connectivity index (χ4v) is 3.75. The molecule has 4 aromatic rings. The number of nitrogens with one attached hydrogen (secondary N) is 2. The van der Waals surface area contributed by atoms with Crippen LogP contribution >= 0.6 is 0 Å². The van der Waals surface area contributed by atoms with E-state index >= 15 is 0 Å². The lowest BCUT2D eigenvalue weighted by Gasteiger charge is -2.20. The van der Waals surface area contributed by atoms with Gasteiger partial charge >= 0.3 is 6.18 Å². The van der Waals surface area contributed by atoms with Crippen molar-refractivity contribution in [1.29, 1.82) is 5.41 Å². The first-order valence-corrected chi connectivity index (χ1v) is 10.5. The Balaban J connectivity index is 1.73. The number of rotatable bonds is 6. The molecule has 0 fully saturated rings. The Hall–Kier alpha value is -4.14. The monoisotopic (exact) mass is 483 g/mol. The second-order valence-corrected chi connectivity index (χ2v) is 7.85. The predicted octanol–water partition coefficient (Wildman–Crippen LogP) is 6.13. The summed E-state index contributed by atoms with van der Waals surface area (Å²) >= 11 is 0. The van der Waals surface area contributed by atoms with E-state index in [2.05, 4.69) is 9.97 Å². The van der Waals surface area contributed by atoms with Gasteiger partial charge in [0.1, 0.15) is 17.5 Å². The minimum atomic E-state index is -4.50.